The summed E-state index contributed by atoms with van der Waals surface area (Å²) in [5.41, 5.74) is 2.09. The number of ether oxygens (including phenoxy) is 1. The average molecular weight is 488 g/mol. The standard InChI is InChI=1S/C26H21N3O5S/c1-4-34-25(33)19-14(2)28-24(32)22(35-26(28)27-21(19)16-10-6-5-7-11-16)20-17-12-8-9-13-18(17)29(15(3)30)23(20)31/h5-13,21H,4H2,1-3H3/b22-20-/t21-/m1/s1. The number of carbonyl (C=O) groups excluding carboxylic acids is 3. The molecule has 0 saturated heterocycles. The Morgan fingerprint density at radius 1 is 1.06 bits per heavy atom. The largest absolute Gasteiger partial charge is 0.463 e. The van der Waals surface area contributed by atoms with Gasteiger partial charge in [0, 0.05) is 18.2 Å². The summed E-state index contributed by atoms with van der Waals surface area (Å²) in [5, 5.41) is 0. The summed E-state index contributed by atoms with van der Waals surface area (Å²) in [7, 11) is 0. The molecule has 2 aromatic carbocycles. The second kappa shape index (κ2) is 8.59. The minimum absolute atomic E-state index is 0.157. The van der Waals surface area contributed by atoms with Gasteiger partial charge in [0.2, 0.25) is 5.91 Å². The van der Waals surface area contributed by atoms with Gasteiger partial charge in [-0.15, -0.1) is 0 Å². The Kier molecular flexibility index (Phi) is 5.56. The molecule has 0 aliphatic carbocycles. The maximum atomic E-state index is 13.7. The number of anilines is 1. The van der Waals surface area contributed by atoms with Gasteiger partial charge in [-0.2, -0.15) is 0 Å². The highest BCUT2D eigenvalue weighted by Crippen LogP contribution is 2.35. The summed E-state index contributed by atoms with van der Waals surface area (Å²) in [6.45, 7) is 4.88. The number of thiazole rings is 1. The van der Waals surface area contributed by atoms with Gasteiger partial charge < -0.3 is 4.74 Å². The summed E-state index contributed by atoms with van der Waals surface area (Å²) in [6, 6.07) is 15.5. The number of nitrogens with zero attached hydrogens (tertiary/aromatic N) is 3. The van der Waals surface area contributed by atoms with Crippen molar-refractivity contribution in [3.05, 3.63) is 91.0 Å². The van der Waals surface area contributed by atoms with Crippen LogP contribution in [0.15, 0.2) is 70.0 Å². The molecule has 0 unspecified atom stereocenters. The minimum Gasteiger partial charge on any atom is -0.463 e. The van der Waals surface area contributed by atoms with E-state index >= 15 is 0 Å². The summed E-state index contributed by atoms with van der Waals surface area (Å²) < 4.78 is 6.82. The number of carbonyl (C=O) groups is 3. The van der Waals surface area contributed by atoms with Crippen molar-refractivity contribution in [2.45, 2.75) is 26.8 Å². The number of amides is 2. The van der Waals surface area contributed by atoms with E-state index in [4.69, 9.17) is 9.73 Å². The Morgan fingerprint density at radius 3 is 2.43 bits per heavy atom. The molecule has 2 aliphatic rings. The number of allylic oxidation sites excluding steroid dienone is 1. The summed E-state index contributed by atoms with van der Waals surface area (Å²) in [5.74, 6) is -1.54. The Morgan fingerprint density at radius 2 is 1.74 bits per heavy atom. The van der Waals surface area contributed by atoms with E-state index in [2.05, 4.69) is 0 Å². The van der Waals surface area contributed by atoms with Gasteiger partial charge in [0.15, 0.2) is 4.80 Å². The Bertz CT molecular complexity index is 1610. The Hall–Kier alpha value is -4.11. The molecule has 1 atom stereocenters. The van der Waals surface area contributed by atoms with E-state index in [-0.39, 0.29) is 22.3 Å². The van der Waals surface area contributed by atoms with E-state index in [1.807, 2.05) is 30.3 Å². The first kappa shape index (κ1) is 22.7. The molecule has 0 radical (unpaired) electrons. The van der Waals surface area contributed by atoms with Crippen molar-refractivity contribution in [3.63, 3.8) is 0 Å². The smallest absolute Gasteiger partial charge is 0.338 e. The quantitative estimate of drug-likeness (QED) is 0.528. The average Bonchev–Trinajstić information content (AvgIpc) is 3.32. The Labute approximate surface area is 204 Å². The lowest BCUT2D eigenvalue weighted by atomic mass is 9.97. The first-order valence-corrected chi connectivity index (χ1v) is 11.9. The van der Waals surface area contributed by atoms with Crippen LogP contribution in [0, 0.1) is 0 Å². The van der Waals surface area contributed by atoms with Crippen LogP contribution in [0.3, 0.4) is 0 Å². The monoisotopic (exact) mass is 487 g/mol. The molecule has 3 heterocycles. The zero-order valence-corrected chi connectivity index (χ0v) is 20.1. The van der Waals surface area contributed by atoms with E-state index in [0.717, 1.165) is 21.8 Å². The van der Waals surface area contributed by atoms with Crippen LogP contribution >= 0.6 is 11.3 Å². The van der Waals surface area contributed by atoms with E-state index in [1.54, 1.807) is 38.1 Å². The van der Waals surface area contributed by atoms with Crippen molar-refractivity contribution >= 4 is 46.1 Å². The first-order valence-electron chi connectivity index (χ1n) is 11.1. The molecular formula is C26H21N3O5S. The van der Waals surface area contributed by atoms with Crippen LogP contribution in [0.1, 0.15) is 37.9 Å². The predicted molar refractivity (Wildman–Crippen MR) is 131 cm³/mol. The van der Waals surface area contributed by atoms with Gasteiger partial charge >= 0.3 is 5.97 Å². The molecule has 3 aromatic rings. The molecular weight excluding hydrogens is 466 g/mol. The van der Waals surface area contributed by atoms with Crippen LogP contribution < -0.4 is 19.8 Å². The summed E-state index contributed by atoms with van der Waals surface area (Å²) in [4.78, 5) is 58.4. The fraction of sp³-hybridized carbons (Fsp3) is 0.192. The van der Waals surface area contributed by atoms with E-state index in [0.29, 0.717) is 21.7 Å². The zero-order chi connectivity index (χ0) is 24.9. The van der Waals surface area contributed by atoms with Crippen molar-refractivity contribution in [1.29, 1.82) is 0 Å². The van der Waals surface area contributed by atoms with Gasteiger partial charge in [0.25, 0.3) is 11.5 Å². The van der Waals surface area contributed by atoms with Crippen molar-refractivity contribution in [2.75, 3.05) is 11.5 Å². The molecule has 0 N–H and O–H groups in total. The molecule has 8 nitrogen and oxygen atoms in total. The van der Waals surface area contributed by atoms with Crippen molar-refractivity contribution in [3.8, 4) is 0 Å². The van der Waals surface area contributed by atoms with Crippen LogP contribution in [0.5, 0.6) is 0 Å². The molecule has 176 valence electrons. The van der Waals surface area contributed by atoms with E-state index in [9.17, 15) is 19.2 Å². The number of imide groups is 1. The molecule has 1 aromatic heterocycles. The van der Waals surface area contributed by atoms with Gasteiger partial charge in [0.1, 0.15) is 10.6 Å². The van der Waals surface area contributed by atoms with Gasteiger partial charge in [-0.05, 0) is 25.5 Å². The fourth-order valence-corrected chi connectivity index (χ4v) is 5.62. The number of rotatable bonds is 3. The molecule has 0 fully saturated rings. The number of esters is 1. The van der Waals surface area contributed by atoms with Crippen LogP contribution in [-0.4, -0.2) is 29.0 Å². The highest BCUT2D eigenvalue weighted by Gasteiger charge is 2.37. The second-order valence-corrected chi connectivity index (χ2v) is 9.05. The molecule has 2 amide bonds. The Balaban J connectivity index is 1.83. The normalized spacial score (nSPS) is 18.2. The van der Waals surface area contributed by atoms with Crippen LogP contribution in [0.4, 0.5) is 5.69 Å². The van der Waals surface area contributed by atoms with Gasteiger partial charge in [-0.1, -0.05) is 59.9 Å². The van der Waals surface area contributed by atoms with E-state index < -0.39 is 29.4 Å². The zero-order valence-electron chi connectivity index (χ0n) is 19.3. The summed E-state index contributed by atoms with van der Waals surface area (Å²) >= 11 is 1.07. The number of hydrogen-bond donors (Lipinski definition) is 0. The second-order valence-electron chi connectivity index (χ2n) is 8.07. The molecule has 0 saturated carbocycles. The number of benzene rings is 2. The third-order valence-electron chi connectivity index (χ3n) is 6.00. The lowest BCUT2D eigenvalue weighted by Gasteiger charge is -2.22. The highest BCUT2D eigenvalue weighted by molar-refractivity contribution is 7.07. The maximum absolute atomic E-state index is 13.7. The van der Waals surface area contributed by atoms with Crippen LogP contribution in [-0.2, 0) is 19.1 Å². The molecule has 0 bridgehead atoms. The molecule has 0 spiro atoms. The van der Waals surface area contributed by atoms with Crippen molar-refractivity contribution in [2.24, 2.45) is 4.99 Å². The van der Waals surface area contributed by atoms with Crippen molar-refractivity contribution in [1.82, 2.24) is 4.57 Å². The number of aromatic nitrogens is 1. The predicted octanol–water partition coefficient (Wildman–Crippen LogP) is 2.17. The first-order chi connectivity index (χ1) is 16.8. The maximum Gasteiger partial charge on any atom is 0.338 e. The van der Waals surface area contributed by atoms with Gasteiger partial charge in [-0.25, -0.2) is 14.7 Å². The lowest BCUT2D eigenvalue weighted by molar-refractivity contribution is -0.138. The number of fused-ring (bicyclic) bond motifs is 2. The minimum atomic E-state index is -0.661. The fourth-order valence-electron chi connectivity index (χ4n) is 4.49. The number of para-hydroxylation sites is 1. The number of hydrogen-bond acceptors (Lipinski definition) is 7. The van der Waals surface area contributed by atoms with Crippen molar-refractivity contribution < 1.29 is 19.1 Å². The SMILES string of the molecule is CCOC(=O)C1=C(C)n2c(s/c(=C3\C(=O)N(C(C)=O)c4ccccc43)c2=O)=N[C@@H]1c1ccccc1. The third kappa shape index (κ3) is 3.47. The molecule has 5 rings (SSSR count). The summed E-state index contributed by atoms with van der Waals surface area (Å²) in [6.07, 6.45) is 0. The van der Waals surface area contributed by atoms with Crippen LogP contribution in [0.25, 0.3) is 11.3 Å². The van der Waals surface area contributed by atoms with E-state index in [1.165, 1.54) is 11.5 Å². The third-order valence-corrected chi connectivity index (χ3v) is 7.06. The topological polar surface area (TPSA) is 98.0 Å². The molecule has 35 heavy (non-hydrogen) atoms. The molecule has 9 heteroatoms. The van der Waals surface area contributed by atoms with Crippen LogP contribution in [0.2, 0.25) is 0 Å². The lowest BCUT2D eigenvalue weighted by Crippen LogP contribution is -2.37. The van der Waals surface area contributed by atoms with Gasteiger partial charge in [-0.3, -0.25) is 19.0 Å². The highest BCUT2D eigenvalue weighted by atomic mass is 32.1. The molecule has 2 aliphatic heterocycles. The van der Waals surface area contributed by atoms with Gasteiger partial charge in [0.05, 0.1) is 23.4 Å².